The van der Waals surface area contributed by atoms with Gasteiger partial charge in [0.15, 0.2) is 5.78 Å². The lowest BCUT2D eigenvalue weighted by molar-refractivity contribution is -0.121. The largest absolute Gasteiger partial charge is 0.308 e. The Morgan fingerprint density at radius 1 is 1.73 bits per heavy atom. The predicted octanol–water partition coefficient (Wildman–Crippen LogP) is 1.45. The number of nitrogens with one attached hydrogen (secondary N) is 1. The zero-order chi connectivity index (χ0) is 8.48. The second-order valence-corrected chi connectivity index (χ2v) is 3.48. The summed E-state index contributed by atoms with van der Waals surface area (Å²) < 4.78 is 0. The third-order valence-electron chi connectivity index (χ3n) is 2.11. The van der Waals surface area contributed by atoms with E-state index in [4.69, 9.17) is 11.6 Å². The summed E-state index contributed by atoms with van der Waals surface area (Å²) in [7, 11) is 1.81. The topological polar surface area (TPSA) is 29.1 Å². The number of halogens is 1. The molecule has 1 rings (SSSR count). The monoisotopic (exact) mass is 173 g/mol. The van der Waals surface area contributed by atoms with Crippen molar-refractivity contribution in [1.82, 2.24) is 5.32 Å². The maximum atomic E-state index is 11.4. The average molecular weight is 174 g/mol. The van der Waals surface area contributed by atoms with Gasteiger partial charge in [-0.2, -0.15) is 0 Å². The summed E-state index contributed by atoms with van der Waals surface area (Å²) in [4.78, 5) is 11.4. The van der Waals surface area contributed by atoms with E-state index in [1.807, 2.05) is 7.05 Å². The van der Waals surface area contributed by atoms with Crippen molar-refractivity contribution in [2.75, 3.05) is 7.05 Å². The predicted molar refractivity (Wildman–Crippen MR) is 45.6 cm³/mol. The third kappa shape index (κ3) is 1.82. The van der Waals surface area contributed by atoms with Crippen LogP contribution in [0.25, 0.3) is 0 Å². The minimum absolute atomic E-state index is 0.167. The summed E-state index contributed by atoms with van der Waals surface area (Å²) in [5, 5.41) is 3.44. The van der Waals surface area contributed by atoms with Crippen LogP contribution in [0.4, 0.5) is 0 Å². The Hall–Kier alpha value is -0.340. The lowest BCUT2D eigenvalue weighted by atomic mass is 10.1. The van der Waals surface area contributed by atoms with E-state index >= 15 is 0 Å². The van der Waals surface area contributed by atoms with E-state index in [0.717, 1.165) is 12.8 Å². The van der Waals surface area contributed by atoms with Gasteiger partial charge in [-0.05, 0) is 19.9 Å². The van der Waals surface area contributed by atoms with Crippen LogP contribution < -0.4 is 5.32 Å². The minimum atomic E-state index is -0.252. The average Bonchev–Trinajstić information content (AvgIpc) is 2.65. The highest BCUT2D eigenvalue weighted by Crippen LogP contribution is 2.37. The first-order valence-corrected chi connectivity index (χ1v) is 4.04. The lowest BCUT2D eigenvalue weighted by Crippen LogP contribution is -2.36. The second kappa shape index (κ2) is 2.95. The minimum Gasteiger partial charge on any atom is -0.308 e. The van der Waals surface area contributed by atoms with Crippen molar-refractivity contribution in [3.63, 3.8) is 0 Å². The molecule has 0 amide bonds. The van der Waals surface area contributed by atoms with Crippen LogP contribution in [0.3, 0.4) is 0 Å². The van der Waals surface area contributed by atoms with Crippen molar-refractivity contribution in [3.8, 4) is 0 Å². The molecular weight excluding hydrogens is 162 g/mol. The van der Waals surface area contributed by atoms with Gasteiger partial charge in [-0.15, -0.1) is 0 Å². The molecule has 1 N–H and O–H groups in total. The SMILES string of the molecule is C=C(Cl)CC(=O)C1(NC)CC1. The molecule has 0 saturated heterocycles. The first-order chi connectivity index (χ1) is 5.10. The van der Waals surface area contributed by atoms with Crippen LogP contribution >= 0.6 is 11.6 Å². The molecule has 0 aromatic carbocycles. The second-order valence-electron chi connectivity index (χ2n) is 2.95. The van der Waals surface area contributed by atoms with Gasteiger partial charge >= 0.3 is 0 Å². The van der Waals surface area contributed by atoms with Crippen LogP contribution in [0.1, 0.15) is 19.3 Å². The highest BCUT2D eigenvalue weighted by atomic mass is 35.5. The number of ketones is 1. The zero-order valence-corrected chi connectivity index (χ0v) is 7.37. The van der Waals surface area contributed by atoms with Gasteiger partial charge in [0.1, 0.15) is 0 Å². The summed E-state index contributed by atoms with van der Waals surface area (Å²) >= 11 is 5.52. The van der Waals surface area contributed by atoms with Crippen LogP contribution in [0.5, 0.6) is 0 Å². The van der Waals surface area contributed by atoms with E-state index in [-0.39, 0.29) is 11.3 Å². The Kier molecular flexibility index (Phi) is 2.35. The summed E-state index contributed by atoms with van der Waals surface area (Å²) in [6.07, 6.45) is 2.17. The standard InChI is InChI=1S/C8H12ClNO/c1-6(9)5-7(11)8(10-2)3-4-8/h10H,1,3-5H2,2H3. The number of carbonyl (C=O) groups excluding carboxylic acids is 1. The third-order valence-corrected chi connectivity index (χ3v) is 2.25. The quantitative estimate of drug-likeness (QED) is 0.698. The Labute approximate surface area is 71.6 Å². The zero-order valence-electron chi connectivity index (χ0n) is 6.61. The molecule has 62 valence electrons. The summed E-state index contributed by atoms with van der Waals surface area (Å²) in [6.45, 7) is 3.49. The van der Waals surface area contributed by atoms with Crippen LogP contribution in [-0.2, 0) is 4.79 Å². The molecule has 3 heteroatoms. The molecular formula is C8H12ClNO. The Morgan fingerprint density at radius 3 is 2.55 bits per heavy atom. The smallest absolute Gasteiger partial charge is 0.158 e. The number of likely N-dealkylation sites (N-methyl/N-ethyl adjacent to an activating group) is 1. The van der Waals surface area contributed by atoms with E-state index in [1.54, 1.807) is 0 Å². The molecule has 0 unspecified atom stereocenters. The fraction of sp³-hybridized carbons (Fsp3) is 0.625. The van der Waals surface area contributed by atoms with Gasteiger partial charge in [0.25, 0.3) is 0 Å². The summed E-state index contributed by atoms with van der Waals surface area (Å²) in [5.41, 5.74) is -0.252. The molecule has 1 aliphatic carbocycles. The number of carbonyl (C=O) groups is 1. The Balaban J connectivity index is 2.48. The van der Waals surface area contributed by atoms with Crippen molar-refractivity contribution < 1.29 is 4.79 Å². The highest BCUT2D eigenvalue weighted by Gasteiger charge is 2.47. The van der Waals surface area contributed by atoms with Gasteiger partial charge in [0.05, 0.1) is 5.54 Å². The molecule has 1 fully saturated rings. The number of hydrogen-bond acceptors (Lipinski definition) is 2. The number of allylic oxidation sites excluding steroid dienone is 1. The van der Waals surface area contributed by atoms with E-state index < -0.39 is 0 Å². The molecule has 0 aromatic rings. The van der Waals surface area contributed by atoms with E-state index in [9.17, 15) is 4.79 Å². The van der Waals surface area contributed by atoms with Gasteiger partial charge in [-0.1, -0.05) is 18.2 Å². The molecule has 11 heavy (non-hydrogen) atoms. The van der Waals surface area contributed by atoms with Crippen LogP contribution in [-0.4, -0.2) is 18.4 Å². The van der Waals surface area contributed by atoms with Gasteiger partial charge in [-0.25, -0.2) is 0 Å². The molecule has 0 atom stereocenters. The summed E-state index contributed by atoms with van der Waals surface area (Å²) in [5.74, 6) is 0.167. The molecule has 0 heterocycles. The van der Waals surface area contributed by atoms with Crippen LogP contribution in [0, 0.1) is 0 Å². The fourth-order valence-electron chi connectivity index (χ4n) is 1.14. The van der Waals surface area contributed by atoms with Crippen molar-refractivity contribution in [2.45, 2.75) is 24.8 Å². The molecule has 1 aliphatic rings. The normalized spacial score (nSPS) is 19.5. The van der Waals surface area contributed by atoms with Crippen LogP contribution in [0.2, 0.25) is 0 Å². The van der Waals surface area contributed by atoms with E-state index in [0.29, 0.717) is 11.5 Å². The van der Waals surface area contributed by atoms with Crippen molar-refractivity contribution >= 4 is 17.4 Å². The van der Waals surface area contributed by atoms with Gasteiger partial charge in [-0.3, -0.25) is 4.79 Å². The molecule has 0 bridgehead atoms. The van der Waals surface area contributed by atoms with Crippen LogP contribution in [0.15, 0.2) is 11.6 Å². The highest BCUT2D eigenvalue weighted by molar-refractivity contribution is 6.30. The number of hydrogen-bond donors (Lipinski definition) is 1. The first-order valence-electron chi connectivity index (χ1n) is 3.66. The van der Waals surface area contributed by atoms with Gasteiger partial charge in [0.2, 0.25) is 0 Å². The molecule has 1 saturated carbocycles. The Morgan fingerprint density at radius 2 is 2.27 bits per heavy atom. The fourth-order valence-corrected chi connectivity index (χ4v) is 1.26. The number of Topliss-reactive ketones (excluding diaryl/α,β-unsaturated/α-hetero) is 1. The van der Waals surface area contributed by atoms with E-state index in [1.165, 1.54) is 0 Å². The van der Waals surface area contributed by atoms with Crippen molar-refractivity contribution in [3.05, 3.63) is 11.6 Å². The molecule has 0 radical (unpaired) electrons. The molecule has 2 nitrogen and oxygen atoms in total. The van der Waals surface area contributed by atoms with Crippen molar-refractivity contribution in [2.24, 2.45) is 0 Å². The molecule has 0 aliphatic heterocycles. The van der Waals surface area contributed by atoms with E-state index in [2.05, 4.69) is 11.9 Å². The van der Waals surface area contributed by atoms with Crippen molar-refractivity contribution in [1.29, 1.82) is 0 Å². The molecule has 0 spiro atoms. The first kappa shape index (κ1) is 8.75. The van der Waals surface area contributed by atoms with Gasteiger partial charge in [0, 0.05) is 11.5 Å². The summed E-state index contributed by atoms with van der Waals surface area (Å²) in [6, 6.07) is 0. The lowest BCUT2D eigenvalue weighted by Gasteiger charge is -2.11. The maximum Gasteiger partial charge on any atom is 0.158 e. The Bertz CT molecular complexity index is 196. The molecule has 0 aromatic heterocycles. The maximum absolute atomic E-state index is 11.4. The van der Waals surface area contributed by atoms with Gasteiger partial charge < -0.3 is 5.32 Å². The number of rotatable bonds is 4.